The second-order valence-electron chi connectivity index (χ2n) is 4.18. The molecule has 1 saturated heterocycles. The average Bonchev–Trinajstić information content (AvgIpc) is 2.53. The van der Waals surface area contributed by atoms with Gasteiger partial charge in [-0.1, -0.05) is 6.42 Å². The molecule has 4 nitrogen and oxygen atoms in total. The van der Waals surface area contributed by atoms with Gasteiger partial charge in [0.1, 0.15) is 6.61 Å². The molecular weight excluding hydrogens is 230 g/mol. The first-order chi connectivity index (χ1) is 8.18. The summed E-state index contributed by atoms with van der Waals surface area (Å²) in [4.78, 5) is 11.5. The average molecular weight is 250 g/mol. The van der Waals surface area contributed by atoms with Crippen molar-refractivity contribution in [3.8, 4) is 0 Å². The predicted molar refractivity (Wildman–Crippen MR) is 60.1 cm³/mol. The normalized spacial score (nSPS) is 21.2. The van der Waals surface area contributed by atoms with Gasteiger partial charge in [-0.3, -0.25) is 4.79 Å². The van der Waals surface area contributed by atoms with E-state index in [4.69, 9.17) is 0 Å². The van der Waals surface area contributed by atoms with Crippen molar-refractivity contribution in [2.45, 2.75) is 38.2 Å². The number of rotatable bonds is 6. The van der Waals surface area contributed by atoms with Crippen molar-refractivity contribution < 1.29 is 18.3 Å². The van der Waals surface area contributed by atoms with Crippen LogP contribution in [0, 0.1) is 0 Å². The van der Waals surface area contributed by atoms with Crippen LogP contribution < -0.4 is 10.6 Å². The van der Waals surface area contributed by atoms with Crippen molar-refractivity contribution in [3.63, 3.8) is 0 Å². The van der Waals surface area contributed by atoms with Crippen LogP contribution in [0.4, 0.5) is 8.78 Å². The summed E-state index contributed by atoms with van der Waals surface area (Å²) in [6, 6.07) is 0.153. The largest absolute Gasteiger partial charge is 0.375 e. The lowest BCUT2D eigenvalue weighted by Gasteiger charge is -2.16. The number of halogens is 2. The van der Waals surface area contributed by atoms with Crippen LogP contribution in [0.3, 0.4) is 0 Å². The molecule has 1 aliphatic heterocycles. The van der Waals surface area contributed by atoms with Crippen LogP contribution in [-0.2, 0) is 9.53 Å². The highest BCUT2D eigenvalue weighted by Crippen LogP contribution is 2.04. The zero-order valence-corrected chi connectivity index (χ0v) is 9.88. The van der Waals surface area contributed by atoms with Crippen molar-refractivity contribution in [3.05, 3.63) is 0 Å². The molecule has 17 heavy (non-hydrogen) atoms. The van der Waals surface area contributed by atoms with Crippen molar-refractivity contribution in [2.75, 3.05) is 26.3 Å². The first-order valence-corrected chi connectivity index (χ1v) is 6.04. The SMILES string of the molecule is O=C(CCOCC(F)F)NC1CCCCNC1. The van der Waals surface area contributed by atoms with Crippen molar-refractivity contribution in [1.29, 1.82) is 0 Å². The fraction of sp³-hybridized carbons (Fsp3) is 0.909. The summed E-state index contributed by atoms with van der Waals surface area (Å²) >= 11 is 0. The number of alkyl halides is 2. The second kappa shape index (κ2) is 8.36. The van der Waals surface area contributed by atoms with E-state index in [1.807, 2.05) is 0 Å². The maximum atomic E-state index is 11.7. The van der Waals surface area contributed by atoms with Crippen LogP contribution in [0.15, 0.2) is 0 Å². The third-order valence-electron chi connectivity index (χ3n) is 2.63. The van der Waals surface area contributed by atoms with Gasteiger partial charge in [0, 0.05) is 19.0 Å². The monoisotopic (exact) mass is 250 g/mol. The van der Waals surface area contributed by atoms with Crippen LogP contribution in [-0.4, -0.2) is 44.7 Å². The molecule has 0 aromatic carbocycles. The molecule has 100 valence electrons. The van der Waals surface area contributed by atoms with Crippen molar-refractivity contribution in [1.82, 2.24) is 10.6 Å². The predicted octanol–water partition coefficient (Wildman–Crippen LogP) is 0.916. The number of hydrogen-bond acceptors (Lipinski definition) is 3. The summed E-state index contributed by atoms with van der Waals surface area (Å²) in [5.41, 5.74) is 0. The lowest BCUT2D eigenvalue weighted by molar-refractivity contribution is -0.123. The van der Waals surface area contributed by atoms with Gasteiger partial charge in [0.25, 0.3) is 6.43 Å². The van der Waals surface area contributed by atoms with Gasteiger partial charge >= 0.3 is 0 Å². The third-order valence-corrected chi connectivity index (χ3v) is 2.63. The van der Waals surface area contributed by atoms with E-state index in [9.17, 15) is 13.6 Å². The van der Waals surface area contributed by atoms with Crippen LogP contribution in [0.2, 0.25) is 0 Å². The summed E-state index contributed by atoms with van der Waals surface area (Å²) < 4.78 is 28.1. The molecule has 6 heteroatoms. The highest BCUT2D eigenvalue weighted by molar-refractivity contribution is 5.76. The standard InChI is InChI=1S/C11H20F2N2O2/c12-10(13)8-17-6-4-11(16)15-9-3-1-2-5-14-7-9/h9-10,14H,1-8H2,(H,15,16). The summed E-state index contributed by atoms with van der Waals surface area (Å²) in [6.07, 6.45) is 0.868. The maximum Gasteiger partial charge on any atom is 0.261 e. The van der Waals surface area contributed by atoms with E-state index in [1.165, 1.54) is 0 Å². The molecule has 0 aliphatic carbocycles. The molecule has 1 atom stereocenters. The Bertz CT molecular complexity index is 220. The van der Waals surface area contributed by atoms with Gasteiger partial charge in [-0.2, -0.15) is 0 Å². The Morgan fingerprint density at radius 1 is 1.47 bits per heavy atom. The molecule has 0 spiro atoms. The summed E-state index contributed by atoms with van der Waals surface area (Å²) in [7, 11) is 0. The molecule has 1 unspecified atom stereocenters. The van der Waals surface area contributed by atoms with E-state index in [0.717, 1.165) is 32.4 Å². The molecule has 0 radical (unpaired) electrons. The highest BCUT2D eigenvalue weighted by Gasteiger charge is 2.14. The number of nitrogens with one attached hydrogen (secondary N) is 2. The molecule has 0 aromatic heterocycles. The first-order valence-electron chi connectivity index (χ1n) is 6.04. The molecule has 1 heterocycles. The van der Waals surface area contributed by atoms with Gasteiger partial charge in [-0.15, -0.1) is 0 Å². The Labute approximate surface area is 100 Å². The molecule has 2 N–H and O–H groups in total. The first kappa shape index (κ1) is 14.3. The van der Waals surface area contributed by atoms with Crippen molar-refractivity contribution >= 4 is 5.91 Å². The van der Waals surface area contributed by atoms with E-state index in [1.54, 1.807) is 0 Å². The van der Waals surface area contributed by atoms with Crippen LogP contribution in [0.1, 0.15) is 25.7 Å². The Morgan fingerprint density at radius 3 is 3.06 bits per heavy atom. The van der Waals surface area contributed by atoms with Crippen LogP contribution in [0.5, 0.6) is 0 Å². The van der Waals surface area contributed by atoms with E-state index in [2.05, 4.69) is 15.4 Å². The topological polar surface area (TPSA) is 50.4 Å². The summed E-state index contributed by atoms with van der Waals surface area (Å²) in [6.45, 7) is 1.22. The van der Waals surface area contributed by atoms with E-state index in [-0.39, 0.29) is 25.0 Å². The number of amides is 1. The lowest BCUT2D eigenvalue weighted by atomic mass is 10.1. The minimum Gasteiger partial charge on any atom is -0.375 e. The Balaban J connectivity index is 2.07. The Kier molecular flexibility index (Phi) is 7.04. The number of carbonyl (C=O) groups is 1. The smallest absolute Gasteiger partial charge is 0.261 e. The fourth-order valence-corrected chi connectivity index (χ4v) is 1.78. The van der Waals surface area contributed by atoms with Gasteiger partial charge in [0.15, 0.2) is 0 Å². The minimum atomic E-state index is -2.47. The Morgan fingerprint density at radius 2 is 2.29 bits per heavy atom. The van der Waals surface area contributed by atoms with Gasteiger partial charge in [-0.25, -0.2) is 8.78 Å². The third kappa shape index (κ3) is 7.23. The van der Waals surface area contributed by atoms with E-state index < -0.39 is 13.0 Å². The summed E-state index contributed by atoms with van der Waals surface area (Å²) in [5, 5.41) is 6.12. The van der Waals surface area contributed by atoms with Gasteiger partial charge in [0.05, 0.1) is 6.61 Å². The molecule has 1 aliphatic rings. The molecule has 1 amide bonds. The lowest BCUT2D eigenvalue weighted by Crippen LogP contribution is -2.41. The van der Waals surface area contributed by atoms with Crippen LogP contribution >= 0.6 is 0 Å². The van der Waals surface area contributed by atoms with Gasteiger partial charge in [-0.05, 0) is 19.4 Å². The quantitative estimate of drug-likeness (QED) is 0.689. The second-order valence-corrected chi connectivity index (χ2v) is 4.18. The molecule has 1 rings (SSSR count). The number of ether oxygens (including phenoxy) is 1. The zero-order valence-electron chi connectivity index (χ0n) is 9.88. The molecule has 0 saturated carbocycles. The van der Waals surface area contributed by atoms with Crippen LogP contribution in [0.25, 0.3) is 0 Å². The van der Waals surface area contributed by atoms with E-state index in [0.29, 0.717) is 0 Å². The molecule has 1 fully saturated rings. The van der Waals surface area contributed by atoms with Gasteiger partial charge in [0.2, 0.25) is 5.91 Å². The maximum absolute atomic E-state index is 11.7. The van der Waals surface area contributed by atoms with Crippen molar-refractivity contribution in [2.24, 2.45) is 0 Å². The number of hydrogen-bond donors (Lipinski definition) is 2. The summed E-state index contributed by atoms with van der Waals surface area (Å²) in [5.74, 6) is -0.132. The molecular formula is C11H20F2N2O2. The molecule has 0 bridgehead atoms. The van der Waals surface area contributed by atoms with E-state index >= 15 is 0 Å². The fourth-order valence-electron chi connectivity index (χ4n) is 1.78. The molecule has 0 aromatic rings. The highest BCUT2D eigenvalue weighted by atomic mass is 19.3. The Hall–Kier alpha value is -0.750. The van der Waals surface area contributed by atoms with Gasteiger partial charge < -0.3 is 15.4 Å². The minimum absolute atomic E-state index is 0.0519. The number of carbonyl (C=O) groups excluding carboxylic acids is 1. The zero-order chi connectivity index (χ0) is 12.5.